The first-order chi connectivity index (χ1) is 40.4. The number of aromatic nitrogens is 6. The molecule has 434 valence electrons. The van der Waals surface area contributed by atoms with Crippen LogP contribution >= 0.6 is 0 Å². The zero-order chi connectivity index (χ0) is 61.5. The topological polar surface area (TPSA) is 83.1 Å². The van der Waals surface area contributed by atoms with Gasteiger partial charge in [0.25, 0.3) is 0 Å². The molecule has 0 saturated carbocycles. The third-order valence-electron chi connectivity index (χ3n) is 16.8. The van der Waals surface area contributed by atoms with Crippen LogP contribution in [-0.4, -0.2) is 29.9 Å². The van der Waals surface area contributed by atoms with Gasteiger partial charge in [0, 0.05) is 62.3 Å². The van der Waals surface area contributed by atoms with E-state index in [4.69, 9.17) is 19.9 Å². The highest BCUT2D eigenvalue weighted by molar-refractivity contribution is 6.04. The van der Waals surface area contributed by atoms with Gasteiger partial charge >= 0.3 is 0 Å². The van der Waals surface area contributed by atoms with Gasteiger partial charge in [0.05, 0.1) is 45.2 Å². The largest absolute Gasteiger partial charge is 0.354 e. The highest BCUT2D eigenvalue weighted by Crippen LogP contribution is 2.45. The lowest BCUT2D eigenvalue weighted by atomic mass is 9.78. The third-order valence-corrected chi connectivity index (χ3v) is 16.8. The van der Waals surface area contributed by atoms with Gasteiger partial charge in [-0.3, -0.25) is 9.97 Å². The number of aromatic amines is 2. The Balaban J connectivity index is 1.45. The van der Waals surface area contributed by atoms with Crippen LogP contribution in [0.3, 0.4) is 0 Å². The van der Waals surface area contributed by atoms with Crippen LogP contribution in [0.15, 0.2) is 152 Å². The van der Waals surface area contributed by atoms with E-state index in [2.05, 4.69) is 274 Å². The third kappa shape index (κ3) is 12.0. The van der Waals surface area contributed by atoms with Gasteiger partial charge in [-0.1, -0.05) is 221 Å². The quantitative estimate of drug-likeness (QED) is 0.168. The molecule has 0 radical (unpaired) electrons. The molecule has 0 spiro atoms. The monoisotopic (exact) mass is 1130 g/mol. The van der Waals surface area contributed by atoms with Crippen LogP contribution in [0.2, 0.25) is 0 Å². The molecule has 6 nitrogen and oxygen atoms in total. The first-order valence-electron chi connectivity index (χ1n) is 30.5. The second-order valence-electron chi connectivity index (χ2n) is 29.8. The summed E-state index contributed by atoms with van der Waals surface area (Å²) in [6, 6.07) is 50.7. The minimum absolute atomic E-state index is 0.140. The number of H-pyrrole nitrogens is 2. The van der Waals surface area contributed by atoms with E-state index in [1.54, 1.807) is 0 Å². The zero-order valence-corrected chi connectivity index (χ0v) is 54.0. The minimum Gasteiger partial charge on any atom is -0.354 e. The van der Waals surface area contributed by atoms with Crippen molar-refractivity contribution in [3.63, 3.8) is 0 Å². The smallest absolute Gasteiger partial charge is 0.0909 e. The van der Waals surface area contributed by atoms with Crippen molar-refractivity contribution in [2.45, 2.75) is 157 Å². The summed E-state index contributed by atoms with van der Waals surface area (Å²) >= 11 is 0. The molecule has 0 saturated heterocycles. The number of hydrogen-bond donors (Lipinski definition) is 2. The number of fused-ring (bicyclic) bond motifs is 8. The summed E-state index contributed by atoms with van der Waals surface area (Å²) in [5, 5.41) is 0. The fourth-order valence-corrected chi connectivity index (χ4v) is 11.4. The van der Waals surface area contributed by atoms with Crippen LogP contribution in [-0.2, 0) is 32.5 Å². The van der Waals surface area contributed by atoms with E-state index in [0.29, 0.717) is 11.3 Å². The SMILES string of the molecule is CC(C)(C)c1cc(-c2c3nc(c(-c4cc(C(C)(C)C)cc(C(C)(C)C)c4)c4cc(-c5ccccn5)c([nH]4)c(C#Cc4ccccc4)c4nc(c(-c5cc(C(C)(C)C)cc(C(C)(C)C)c5)c5ccc2[nH]5)C=C4c2ccccn2)C=C3)cc(C(C)(C)C)c1. The number of nitrogens with zero attached hydrogens (tertiary/aromatic N) is 4. The molecule has 6 heteroatoms. The van der Waals surface area contributed by atoms with Crippen molar-refractivity contribution in [2.24, 2.45) is 0 Å². The van der Waals surface area contributed by atoms with E-state index in [0.717, 1.165) is 101 Å². The summed E-state index contributed by atoms with van der Waals surface area (Å²) in [6.07, 6.45) is 10.4. The lowest BCUT2D eigenvalue weighted by Gasteiger charge is -2.26. The maximum Gasteiger partial charge on any atom is 0.0909 e. The van der Waals surface area contributed by atoms with E-state index in [9.17, 15) is 0 Å². The number of nitrogens with one attached hydrogen (secondary N) is 2. The number of pyridine rings is 2. The minimum atomic E-state index is -0.163. The van der Waals surface area contributed by atoms with Gasteiger partial charge in [0.15, 0.2) is 0 Å². The highest BCUT2D eigenvalue weighted by atomic mass is 14.8. The van der Waals surface area contributed by atoms with Crippen LogP contribution in [0.1, 0.15) is 198 Å². The number of benzene rings is 4. The molecule has 8 bridgehead atoms. The van der Waals surface area contributed by atoms with Crippen molar-refractivity contribution in [3.05, 3.63) is 225 Å². The van der Waals surface area contributed by atoms with Gasteiger partial charge in [0.2, 0.25) is 0 Å². The molecular formula is C80H84N6. The molecular weight excluding hydrogens is 1040 g/mol. The Bertz CT molecular complexity index is 4320. The number of rotatable bonds is 5. The van der Waals surface area contributed by atoms with Gasteiger partial charge in [-0.15, -0.1) is 0 Å². The number of hydrogen-bond acceptors (Lipinski definition) is 4. The predicted molar refractivity (Wildman–Crippen MR) is 365 cm³/mol. The van der Waals surface area contributed by atoms with Crippen molar-refractivity contribution in [3.8, 4) is 56.5 Å². The lowest BCUT2D eigenvalue weighted by Crippen LogP contribution is -2.16. The fourth-order valence-electron chi connectivity index (χ4n) is 11.4. The van der Waals surface area contributed by atoms with E-state index in [-0.39, 0.29) is 32.5 Å². The fraction of sp³-hybridized carbons (Fsp3) is 0.300. The molecule has 0 amide bonds. The van der Waals surface area contributed by atoms with Gasteiger partial charge in [-0.05, 0) is 155 Å². The zero-order valence-electron chi connectivity index (χ0n) is 54.0. The predicted octanol–water partition coefficient (Wildman–Crippen LogP) is 20.7. The summed E-state index contributed by atoms with van der Waals surface area (Å²) in [5.41, 5.74) is 24.4. The Morgan fingerprint density at radius 1 is 0.360 bits per heavy atom. The maximum atomic E-state index is 5.97. The summed E-state index contributed by atoms with van der Waals surface area (Å²) < 4.78 is 0. The Kier molecular flexibility index (Phi) is 14.9. The first kappa shape index (κ1) is 59.1. The summed E-state index contributed by atoms with van der Waals surface area (Å²) in [4.78, 5) is 30.4. The Hall–Kier alpha value is -8.66. The molecule has 4 aromatic carbocycles. The Morgan fingerprint density at radius 3 is 1.19 bits per heavy atom. The molecule has 7 heterocycles. The maximum absolute atomic E-state index is 5.97. The molecule has 2 aliphatic rings. The van der Waals surface area contributed by atoms with Crippen LogP contribution in [0.4, 0.5) is 0 Å². The van der Waals surface area contributed by atoms with Crippen LogP contribution < -0.4 is 0 Å². The molecule has 0 atom stereocenters. The van der Waals surface area contributed by atoms with Crippen molar-refractivity contribution >= 4 is 45.9 Å². The summed E-state index contributed by atoms with van der Waals surface area (Å²) in [6.45, 7) is 41.5. The van der Waals surface area contributed by atoms with E-state index < -0.39 is 0 Å². The van der Waals surface area contributed by atoms with Crippen molar-refractivity contribution in [1.29, 1.82) is 0 Å². The Morgan fingerprint density at radius 2 is 0.767 bits per heavy atom. The molecule has 2 N–H and O–H groups in total. The second kappa shape index (κ2) is 21.7. The van der Waals surface area contributed by atoms with Crippen LogP contribution in [0.5, 0.6) is 0 Å². The molecule has 5 aromatic heterocycles. The van der Waals surface area contributed by atoms with E-state index in [1.165, 1.54) is 33.4 Å². The Labute approximate surface area is 511 Å². The first-order valence-corrected chi connectivity index (χ1v) is 30.5. The van der Waals surface area contributed by atoms with Gasteiger partial charge in [-0.25, -0.2) is 9.97 Å². The van der Waals surface area contributed by atoms with E-state index >= 15 is 0 Å². The average Bonchev–Trinajstić information content (AvgIpc) is 1.83. The van der Waals surface area contributed by atoms with Crippen molar-refractivity contribution in [2.75, 3.05) is 0 Å². The van der Waals surface area contributed by atoms with Gasteiger partial charge in [0.1, 0.15) is 0 Å². The van der Waals surface area contributed by atoms with E-state index in [1.807, 2.05) is 42.7 Å². The molecule has 2 aliphatic heterocycles. The van der Waals surface area contributed by atoms with Gasteiger partial charge in [-0.2, -0.15) is 0 Å². The molecule has 0 unspecified atom stereocenters. The van der Waals surface area contributed by atoms with Crippen molar-refractivity contribution in [1.82, 2.24) is 29.9 Å². The van der Waals surface area contributed by atoms with Gasteiger partial charge < -0.3 is 9.97 Å². The summed E-state index contributed by atoms with van der Waals surface area (Å²) in [7, 11) is 0. The van der Waals surface area contributed by atoms with Crippen LogP contribution in [0.25, 0.3) is 90.5 Å². The lowest BCUT2D eigenvalue weighted by molar-refractivity contribution is 0.568. The molecule has 0 aliphatic carbocycles. The second-order valence-corrected chi connectivity index (χ2v) is 29.8. The molecule has 0 fully saturated rings. The van der Waals surface area contributed by atoms with Crippen LogP contribution in [0, 0.1) is 11.8 Å². The molecule has 9 aromatic rings. The normalized spacial score (nSPS) is 13.2. The standard InChI is InChI=1S/C80H84N6/c1-75(2,3)53-38-50(39-54(44-53)76(4,5)6)70-64-32-34-66(83-64)71(51-40-55(77(7,8)9)45-56(41-51)78(10,11)12)68-47-60(62-28-22-24-36-81-62)73(85-68)59(31-30-49-26-20-19-21-27-49)74-61(63-29-23-25-37-82-63)48-69(86-74)72(67-35-33-65(70)84-67)52-42-57(79(13,14)15)46-58(43-52)80(16,17)18/h19-29,32-48,83,86H,1-18H3. The molecule has 86 heavy (non-hydrogen) atoms. The molecule has 11 rings (SSSR count). The van der Waals surface area contributed by atoms with Crippen molar-refractivity contribution < 1.29 is 0 Å². The average molecular weight is 1130 g/mol. The summed E-state index contributed by atoms with van der Waals surface area (Å²) in [5.74, 6) is 7.43. The highest BCUT2D eigenvalue weighted by Gasteiger charge is 2.30.